The van der Waals surface area contributed by atoms with E-state index in [1.165, 1.54) is 16.6 Å². The van der Waals surface area contributed by atoms with Crippen LogP contribution in [0.25, 0.3) is 16.5 Å². The van der Waals surface area contributed by atoms with Crippen molar-refractivity contribution in [1.82, 2.24) is 24.1 Å². The van der Waals surface area contributed by atoms with E-state index >= 15 is 0 Å². The number of fused-ring (bicyclic) bond motifs is 1. The Hall–Kier alpha value is -3.61. The molecule has 4 heterocycles. The van der Waals surface area contributed by atoms with Crippen LogP contribution in [-0.4, -0.2) is 37.2 Å². The van der Waals surface area contributed by atoms with Crippen molar-refractivity contribution in [3.05, 3.63) is 82.9 Å². The van der Waals surface area contributed by atoms with Gasteiger partial charge in [-0.2, -0.15) is 0 Å². The Morgan fingerprint density at radius 2 is 1.82 bits per heavy atom. The van der Waals surface area contributed by atoms with Crippen molar-refractivity contribution < 1.29 is 0 Å². The highest BCUT2D eigenvalue weighted by Gasteiger charge is 2.22. The molecular formula is C27H32N6O. The molecule has 0 saturated carbocycles. The molecule has 7 nitrogen and oxygen atoms in total. The molecule has 1 aliphatic rings. The Balaban J connectivity index is 1.18. The number of nitrogens with one attached hydrogen (secondary N) is 1. The largest absolute Gasteiger partial charge is 0.358 e. The van der Waals surface area contributed by atoms with Crippen LogP contribution in [0.15, 0.2) is 60.4 Å². The molecule has 1 fully saturated rings. The summed E-state index contributed by atoms with van der Waals surface area (Å²) >= 11 is 0. The van der Waals surface area contributed by atoms with Crippen LogP contribution in [-0.2, 0) is 19.5 Å². The Bertz CT molecular complexity index is 1350. The SMILES string of the molecule is C=C(C)c1cnc(N2CCC(Cn3ccn(CCc4c(C)[nH]c5ccccc45)c3=O)CC2)nc1. The molecule has 1 N–H and O–H groups in total. The van der Waals surface area contributed by atoms with Crippen molar-refractivity contribution in [3.63, 3.8) is 0 Å². The molecule has 1 saturated heterocycles. The Kier molecular flexibility index (Phi) is 6.09. The summed E-state index contributed by atoms with van der Waals surface area (Å²) in [4.78, 5) is 27.7. The number of allylic oxidation sites excluding steroid dienone is 1. The summed E-state index contributed by atoms with van der Waals surface area (Å²) in [6.45, 7) is 11.3. The third kappa shape index (κ3) is 4.42. The lowest BCUT2D eigenvalue weighted by molar-refractivity contribution is 0.349. The van der Waals surface area contributed by atoms with Gasteiger partial charge in [-0.15, -0.1) is 0 Å². The number of aromatic nitrogens is 5. The van der Waals surface area contributed by atoms with Gasteiger partial charge in [-0.25, -0.2) is 14.8 Å². The van der Waals surface area contributed by atoms with Crippen LogP contribution in [0.1, 0.15) is 36.6 Å². The van der Waals surface area contributed by atoms with E-state index in [2.05, 4.69) is 51.6 Å². The number of benzene rings is 1. The average Bonchev–Trinajstić information content (AvgIpc) is 3.36. The fourth-order valence-corrected chi connectivity index (χ4v) is 4.95. The van der Waals surface area contributed by atoms with Crippen molar-refractivity contribution in [1.29, 1.82) is 0 Å². The first-order valence-electron chi connectivity index (χ1n) is 12.0. The molecule has 34 heavy (non-hydrogen) atoms. The van der Waals surface area contributed by atoms with Gasteiger partial charge in [0.05, 0.1) is 0 Å². The van der Waals surface area contributed by atoms with Crippen molar-refractivity contribution in [2.75, 3.05) is 18.0 Å². The van der Waals surface area contributed by atoms with Crippen LogP contribution < -0.4 is 10.6 Å². The van der Waals surface area contributed by atoms with Crippen LogP contribution in [0.2, 0.25) is 0 Å². The number of anilines is 1. The number of aromatic amines is 1. The van der Waals surface area contributed by atoms with Gasteiger partial charge in [0.25, 0.3) is 0 Å². The van der Waals surface area contributed by atoms with E-state index in [9.17, 15) is 4.79 Å². The van der Waals surface area contributed by atoms with Gasteiger partial charge < -0.3 is 9.88 Å². The average molecular weight is 457 g/mol. The highest BCUT2D eigenvalue weighted by molar-refractivity contribution is 5.84. The van der Waals surface area contributed by atoms with Gasteiger partial charge in [-0.05, 0) is 56.2 Å². The van der Waals surface area contributed by atoms with Gasteiger partial charge in [0, 0.05) is 73.1 Å². The van der Waals surface area contributed by atoms with E-state index in [1.54, 1.807) is 0 Å². The molecule has 0 spiro atoms. The lowest BCUT2D eigenvalue weighted by atomic mass is 9.97. The molecule has 0 unspecified atom stereocenters. The van der Waals surface area contributed by atoms with Crippen LogP contribution >= 0.6 is 0 Å². The van der Waals surface area contributed by atoms with Gasteiger partial charge in [-0.1, -0.05) is 24.8 Å². The normalized spacial score (nSPS) is 14.7. The maximum Gasteiger partial charge on any atom is 0.328 e. The zero-order valence-electron chi connectivity index (χ0n) is 20.0. The lowest BCUT2D eigenvalue weighted by Crippen LogP contribution is -2.37. The smallest absolute Gasteiger partial charge is 0.328 e. The van der Waals surface area contributed by atoms with E-state index in [-0.39, 0.29) is 5.69 Å². The molecule has 5 rings (SSSR count). The first-order valence-corrected chi connectivity index (χ1v) is 12.0. The second-order valence-electron chi connectivity index (χ2n) is 9.43. The summed E-state index contributed by atoms with van der Waals surface area (Å²) in [5.41, 5.74) is 5.66. The standard InChI is InChI=1S/C27H32N6O/c1-19(2)22-16-28-26(29-17-22)31-11-8-21(9-12-31)18-33-15-14-32(27(33)34)13-10-23-20(3)30-25-7-5-4-6-24(23)25/h4-7,14-17,21,30H,1,8-13,18H2,2-3H3. The van der Waals surface area contributed by atoms with E-state index in [0.29, 0.717) is 12.5 Å². The molecule has 0 radical (unpaired) electrons. The topological polar surface area (TPSA) is 71.7 Å². The fraction of sp³-hybridized carbons (Fsp3) is 0.370. The molecular weight excluding hydrogens is 424 g/mol. The van der Waals surface area contributed by atoms with E-state index in [4.69, 9.17) is 0 Å². The third-order valence-corrected chi connectivity index (χ3v) is 7.03. The molecule has 0 atom stereocenters. The third-order valence-electron chi connectivity index (χ3n) is 7.03. The van der Waals surface area contributed by atoms with Crippen molar-refractivity contribution in [3.8, 4) is 0 Å². The second-order valence-corrected chi connectivity index (χ2v) is 9.43. The predicted molar refractivity (Wildman–Crippen MR) is 137 cm³/mol. The highest BCUT2D eigenvalue weighted by Crippen LogP contribution is 2.24. The zero-order valence-corrected chi connectivity index (χ0v) is 20.0. The van der Waals surface area contributed by atoms with Crippen molar-refractivity contribution in [2.45, 2.75) is 46.2 Å². The number of piperidine rings is 1. The number of H-pyrrole nitrogens is 1. The quantitative estimate of drug-likeness (QED) is 0.447. The van der Waals surface area contributed by atoms with E-state index in [1.807, 2.05) is 46.9 Å². The maximum absolute atomic E-state index is 13.0. The Morgan fingerprint density at radius 1 is 1.12 bits per heavy atom. The summed E-state index contributed by atoms with van der Waals surface area (Å²) < 4.78 is 3.72. The molecule has 176 valence electrons. The first kappa shape index (κ1) is 22.2. The number of aryl methyl sites for hydroxylation is 3. The second kappa shape index (κ2) is 9.33. The monoisotopic (exact) mass is 456 g/mol. The van der Waals surface area contributed by atoms with Crippen LogP contribution in [0, 0.1) is 12.8 Å². The lowest BCUT2D eigenvalue weighted by Gasteiger charge is -2.32. The summed E-state index contributed by atoms with van der Waals surface area (Å²) in [6, 6.07) is 8.36. The van der Waals surface area contributed by atoms with E-state index < -0.39 is 0 Å². The molecule has 0 amide bonds. The molecule has 7 heteroatoms. The van der Waals surface area contributed by atoms with Gasteiger partial charge >= 0.3 is 5.69 Å². The minimum atomic E-state index is 0.0821. The number of hydrogen-bond acceptors (Lipinski definition) is 4. The summed E-state index contributed by atoms with van der Waals surface area (Å²) in [5, 5.41) is 1.25. The summed E-state index contributed by atoms with van der Waals surface area (Å²) in [5.74, 6) is 1.26. The number of hydrogen-bond donors (Lipinski definition) is 1. The number of nitrogens with zero attached hydrogens (tertiary/aromatic N) is 5. The number of para-hydroxylation sites is 1. The highest BCUT2D eigenvalue weighted by atomic mass is 16.1. The fourth-order valence-electron chi connectivity index (χ4n) is 4.95. The zero-order chi connectivity index (χ0) is 23.7. The Morgan fingerprint density at radius 3 is 2.56 bits per heavy atom. The van der Waals surface area contributed by atoms with Crippen molar-refractivity contribution in [2.24, 2.45) is 5.92 Å². The maximum atomic E-state index is 13.0. The van der Waals surface area contributed by atoms with Crippen molar-refractivity contribution >= 4 is 22.4 Å². The minimum absolute atomic E-state index is 0.0821. The van der Waals surface area contributed by atoms with Gasteiger partial charge in [0.1, 0.15) is 0 Å². The van der Waals surface area contributed by atoms with Gasteiger partial charge in [0.15, 0.2) is 0 Å². The minimum Gasteiger partial charge on any atom is -0.358 e. The van der Waals surface area contributed by atoms with Gasteiger partial charge in [-0.3, -0.25) is 9.13 Å². The summed E-state index contributed by atoms with van der Waals surface area (Å²) in [7, 11) is 0. The van der Waals surface area contributed by atoms with Gasteiger partial charge in [0.2, 0.25) is 5.95 Å². The molecule has 3 aromatic heterocycles. The molecule has 0 aliphatic carbocycles. The number of rotatable bonds is 7. The van der Waals surface area contributed by atoms with Crippen LogP contribution in [0.5, 0.6) is 0 Å². The summed E-state index contributed by atoms with van der Waals surface area (Å²) in [6.07, 6.45) is 10.4. The first-order chi connectivity index (χ1) is 16.5. The van der Waals surface area contributed by atoms with E-state index in [0.717, 1.165) is 61.5 Å². The molecule has 4 aromatic rings. The predicted octanol–water partition coefficient (Wildman–Crippen LogP) is 4.42. The van der Waals surface area contributed by atoms with Crippen LogP contribution in [0.3, 0.4) is 0 Å². The molecule has 0 bridgehead atoms. The Labute approximate surface area is 199 Å². The number of imidazole rings is 1. The van der Waals surface area contributed by atoms with Crippen LogP contribution in [0.4, 0.5) is 5.95 Å². The molecule has 1 aromatic carbocycles. The molecule has 1 aliphatic heterocycles.